The highest BCUT2D eigenvalue weighted by Gasteiger charge is 2.20. The van der Waals surface area contributed by atoms with Crippen LogP contribution in [0.1, 0.15) is 5.69 Å². The molecule has 0 atom stereocenters. The van der Waals surface area contributed by atoms with E-state index in [4.69, 9.17) is 34.8 Å². The maximum absolute atomic E-state index is 5.52. The van der Waals surface area contributed by atoms with E-state index in [0.717, 1.165) is 5.69 Å². The Balaban J connectivity index is 2.57. The second kappa shape index (κ2) is 3.26. The third kappa shape index (κ3) is 3.06. The van der Waals surface area contributed by atoms with Crippen molar-refractivity contribution in [3.63, 3.8) is 0 Å². The maximum atomic E-state index is 5.52. The fraction of sp³-hybridized carbons (Fsp3) is 0.400. The lowest BCUT2D eigenvalue weighted by Crippen LogP contribution is -2.06. The quantitative estimate of drug-likeness (QED) is 0.658. The summed E-state index contributed by atoms with van der Waals surface area (Å²) in [5, 5.41) is 1.86. The summed E-state index contributed by atoms with van der Waals surface area (Å²) in [7, 11) is 0. The van der Waals surface area contributed by atoms with Gasteiger partial charge in [0.1, 0.15) is 0 Å². The van der Waals surface area contributed by atoms with E-state index < -0.39 is 3.79 Å². The molecule has 5 heteroatoms. The van der Waals surface area contributed by atoms with Crippen molar-refractivity contribution in [1.29, 1.82) is 0 Å². The number of halogens is 3. The van der Waals surface area contributed by atoms with Crippen molar-refractivity contribution >= 4 is 46.1 Å². The van der Waals surface area contributed by atoms with Gasteiger partial charge >= 0.3 is 0 Å². The molecule has 1 aromatic heterocycles. The number of aromatic nitrogens is 1. The Morgan fingerprint density at radius 2 is 2.20 bits per heavy atom. The van der Waals surface area contributed by atoms with Crippen LogP contribution < -0.4 is 0 Å². The molecule has 0 N–H and O–H groups in total. The molecule has 0 unspecified atom stereocenters. The summed E-state index contributed by atoms with van der Waals surface area (Å²) < 4.78 is -1.21. The van der Waals surface area contributed by atoms with Crippen LogP contribution >= 0.6 is 46.1 Å². The van der Waals surface area contributed by atoms with Gasteiger partial charge in [-0.3, -0.25) is 0 Å². The molecule has 0 aliphatic rings. The van der Waals surface area contributed by atoms with Crippen LogP contribution in [0.15, 0.2) is 10.9 Å². The monoisotopic (exact) mass is 215 g/mol. The Bertz CT molecular complexity index is 191. The summed E-state index contributed by atoms with van der Waals surface area (Å²) in [6, 6.07) is 0. The van der Waals surface area contributed by atoms with Crippen LogP contribution in [0.3, 0.4) is 0 Å². The second-order valence-electron chi connectivity index (χ2n) is 1.77. The zero-order valence-corrected chi connectivity index (χ0v) is 7.94. The Hall–Kier alpha value is 0.500. The van der Waals surface area contributed by atoms with Crippen molar-refractivity contribution in [2.45, 2.75) is 10.2 Å². The van der Waals surface area contributed by atoms with Crippen molar-refractivity contribution in [2.24, 2.45) is 0 Å². The van der Waals surface area contributed by atoms with Gasteiger partial charge in [0.05, 0.1) is 11.2 Å². The topological polar surface area (TPSA) is 12.9 Å². The second-order valence-corrected chi connectivity index (χ2v) is 5.01. The highest BCUT2D eigenvalue weighted by atomic mass is 35.6. The van der Waals surface area contributed by atoms with Crippen LogP contribution in [0.5, 0.6) is 0 Å². The first-order valence-corrected chi connectivity index (χ1v) is 4.59. The predicted molar refractivity (Wildman–Crippen MR) is 46.1 cm³/mol. The van der Waals surface area contributed by atoms with Gasteiger partial charge in [0.15, 0.2) is 3.79 Å². The average Bonchev–Trinajstić information content (AvgIpc) is 2.12. The molecular formula is C5H4Cl3NS. The molecule has 0 aliphatic carbocycles. The summed E-state index contributed by atoms with van der Waals surface area (Å²) in [4.78, 5) is 3.97. The first kappa shape index (κ1) is 8.60. The average molecular weight is 217 g/mol. The van der Waals surface area contributed by atoms with Gasteiger partial charge in [-0.2, -0.15) is 0 Å². The smallest absolute Gasteiger partial charge is 0.196 e. The molecule has 0 spiro atoms. The molecule has 56 valence electrons. The van der Waals surface area contributed by atoms with Crippen LogP contribution in [0.4, 0.5) is 0 Å². The van der Waals surface area contributed by atoms with Gasteiger partial charge in [-0.25, -0.2) is 4.98 Å². The molecule has 0 fully saturated rings. The normalized spacial score (nSPS) is 11.9. The summed E-state index contributed by atoms with van der Waals surface area (Å²) in [5.74, 6) is 0. The van der Waals surface area contributed by atoms with Crippen LogP contribution in [0.2, 0.25) is 0 Å². The number of thiazole rings is 1. The fourth-order valence-corrected chi connectivity index (χ4v) is 1.50. The van der Waals surface area contributed by atoms with Gasteiger partial charge in [-0.1, -0.05) is 34.8 Å². The number of nitrogens with zero attached hydrogens (tertiary/aromatic N) is 1. The van der Waals surface area contributed by atoms with Crippen molar-refractivity contribution in [3.8, 4) is 0 Å². The molecule has 0 aliphatic heterocycles. The largest absolute Gasteiger partial charge is 0.250 e. The predicted octanol–water partition coefficient (Wildman–Crippen LogP) is 3.06. The number of alkyl halides is 3. The Morgan fingerprint density at radius 1 is 1.50 bits per heavy atom. The van der Waals surface area contributed by atoms with E-state index >= 15 is 0 Å². The molecule has 1 heterocycles. The van der Waals surface area contributed by atoms with E-state index in [2.05, 4.69) is 4.98 Å². The highest BCUT2D eigenvalue weighted by Crippen LogP contribution is 2.29. The molecule has 1 nitrogen and oxygen atoms in total. The van der Waals surface area contributed by atoms with Crippen LogP contribution in [-0.4, -0.2) is 8.78 Å². The molecule has 0 saturated heterocycles. The van der Waals surface area contributed by atoms with Gasteiger partial charge in [0.2, 0.25) is 0 Å². The minimum absolute atomic E-state index is 0.376. The summed E-state index contributed by atoms with van der Waals surface area (Å²) in [6.45, 7) is 0. The van der Waals surface area contributed by atoms with Gasteiger partial charge < -0.3 is 0 Å². The third-order valence-electron chi connectivity index (χ3n) is 0.865. The summed E-state index contributed by atoms with van der Waals surface area (Å²) >= 11 is 18.1. The van der Waals surface area contributed by atoms with E-state index in [0.29, 0.717) is 6.42 Å². The maximum Gasteiger partial charge on any atom is 0.196 e. The Kier molecular flexibility index (Phi) is 2.81. The molecule has 0 aromatic carbocycles. The first-order valence-electron chi connectivity index (χ1n) is 2.52. The zero-order valence-electron chi connectivity index (χ0n) is 4.85. The first-order chi connectivity index (χ1) is 4.58. The summed E-state index contributed by atoms with van der Waals surface area (Å²) in [5.41, 5.74) is 2.54. The highest BCUT2D eigenvalue weighted by molar-refractivity contribution is 7.07. The van der Waals surface area contributed by atoms with Gasteiger partial charge in [-0.15, -0.1) is 11.3 Å². The lowest BCUT2D eigenvalue weighted by molar-refractivity contribution is 0.973. The zero-order chi connectivity index (χ0) is 7.61. The molecule has 0 amide bonds. The van der Waals surface area contributed by atoms with E-state index in [-0.39, 0.29) is 0 Å². The van der Waals surface area contributed by atoms with Gasteiger partial charge in [0.25, 0.3) is 0 Å². The molecule has 0 radical (unpaired) electrons. The van der Waals surface area contributed by atoms with E-state index in [9.17, 15) is 0 Å². The summed E-state index contributed by atoms with van der Waals surface area (Å²) in [6.07, 6.45) is 0.376. The van der Waals surface area contributed by atoms with Crippen LogP contribution in [0, 0.1) is 0 Å². The van der Waals surface area contributed by atoms with Crippen molar-refractivity contribution in [1.82, 2.24) is 4.98 Å². The minimum atomic E-state index is -1.21. The SMILES string of the molecule is ClC(Cl)(Cl)Cc1cscn1. The van der Waals surface area contributed by atoms with Crippen molar-refractivity contribution in [3.05, 3.63) is 16.6 Å². The molecular weight excluding hydrogens is 212 g/mol. The number of hydrogen-bond donors (Lipinski definition) is 0. The van der Waals surface area contributed by atoms with Gasteiger partial charge in [0, 0.05) is 11.8 Å². The van der Waals surface area contributed by atoms with Crippen molar-refractivity contribution < 1.29 is 0 Å². The van der Waals surface area contributed by atoms with Crippen molar-refractivity contribution in [2.75, 3.05) is 0 Å². The molecule has 1 aromatic rings. The number of hydrogen-bond acceptors (Lipinski definition) is 2. The van der Waals surface area contributed by atoms with Crippen LogP contribution in [-0.2, 0) is 6.42 Å². The van der Waals surface area contributed by atoms with E-state index in [1.807, 2.05) is 5.38 Å². The van der Waals surface area contributed by atoms with E-state index in [1.54, 1.807) is 5.51 Å². The van der Waals surface area contributed by atoms with Crippen LogP contribution in [0.25, 0.3) is 0 Å². The molecule has 10 heavy (non-hydrogen) atoms. The number of rotatable bonds is 1. The molecule has 0 saturated carbocycles. The Labute approximate surface area is 77.9 Å². The molecule has 0 bridgehead atoms. The van der Waals surface area contributed by atoms with Gasteiger partial charge in [-0.05, 0) is 0 Å². The minimum Gasteiger partial charge on any atom is -0.250 e. The third-order valence-corrected chi connectivity index (χ3v) is 1.90. The Morgan fingerprint density at radius 3 is 2.60 bits per heavy atom. The lowest BCUT2D eigenvalue weighted by atomic mass is 10.4. The lowest BCUT2D eigenvalue weighted by Gasteiger charge is -2.06. The molecule has 1 rings (SSSR count). The van der Waals surface area contributed by atoms with E-state index in [1.165, 1.54) is 11.3 Å². The standard InChI is InChI=1S/C5H4Cl3NS/c6-5(7,8)1-4-2-10-3-9-4/h2-3H,1H2. The fourth-order valence-electron chi connectivity index (χ4n) is 0.530.